The summed E-state index contributed by atoms with van der Waals surface area (Å²) in [5.41, 5.74) is 1.51. The van der Waals surface area contributed by atoms with Crippen molar-refractivity contribution in [2.75, 3.05) is 6.54 Å². The standard InChI is InChI=1S/C16H14N2O2S/c1-2-10-17-21(19,20)16-9-5-8-15-13(16)11-12-6-3-4-7-14(12)18-15/h2-9,11,17H,1,10H2. The van der Waals surface area contributed by atoms with Gasteiger partial charge in [-0.15, -0.1) is 6.58 Å². The lowest BCUT2D eigenvalue weighted by Gasteiger charge is -2.09. The van der Waals surface area contributed by atoms with Gasteiger partial charge in [-0.25, -0.2) is 18.1 Å². The number of fused-ring (bicyclic) bond motifs is 2. The fourth-order valence-corrected chi connectivity index (χ4v) is 3.46. The van der Waals surface area contributed by atoms with Crippen LogP contribution in [0.25, 0.3) is 21.8 Å². The third-order valence-corrected chi connectivity index (χ3v) is 4.71. The second kappa shape index (κ2) is 5.27. The van der Waals surface area contributed by atoms with E-state index in [0.29, 0.717) is 10.9 Å². The van der Waals surface area contributed by atoms with Crippen LogP contribution >= 0.6 is 0 Å². The molecule has 1 aromatic heterocycles. The van der Waals surface area contributed by atoms with Gasteiger partial charge in [0.1, 0.15) is 0 Å². The van der Waals surface area contributed by atoms with E-state index in [9.17, 15) is 8.42 Å². The minimum absolute atomic E-state index is 0.194. The zero-order chi connectivity index (χ0) is 14.9. The third kappa shape index (κ3) is 2.53. The zero-order valence-corrected chi connectivity index (χ0v) is 12.1. The Morgan fingerprint density at radius 2 is 1.86 bits per heavy atom. The molecule has 3 rings (SSSR count). The Morgan fingerprint density at radius 3 is 2.67 bits per heavy atom. The van der Waals surface area contributed by atoms with Gasteiger partial charge in [0.25, 0.3) is 0 Å². The van der Waals surface area contributed by atoms with E-state index in [1.54, 1.807) is 12.1 Å². The molecule has 0 saturated carbocycles. The van der Waals surface area contributed by atoms with Crippen LogP contribution in [0.3, 0.4) is 0 Å². The number of para-hydroxylation sites is 1. The van der Waals surface area contributed by atoms with Gasteiger partial charge in [0.05, 0.1) is 15.9 Å². The molecule has 1 N–H and O–H groups in total. The molecule has 106 valence electrons. The summed E-state index contributed by atoms with van der Waals surface area (Å²) in [5.74, 6) is 0. The molecule has 0 unspecified atom stereocenters. The minimum Gasteiger partial charge on any atom is -0.248 e. The van der Waals surface area contributed by atoms with Crippen LogP contribution in [0, 0.1) is 0 Å². The molecular formula is C16H14N2O2S. The van der Waals surface area contributed by atoms with Crippen molar-refractivity contribution in [2.45, 2.75) is 4.90 Å². The second-order valence-electron chi connectivity index (χ2n) is 4.64. The zero-order valence-electron chi connectivity index (χ0n) is 11.3. The molecule has 0 aliphatic heterocycles. The predicted molar refractivity (Wildman–Crippen MR) is 84.6 cm³/mol. The quantitative estimate of drug-likeness (QED) is 0.595. The molecule has 21 heavy (non-hydrogen) atoms. The van der Waals surface area contributed by atoms with E-state index in [4.69, 9.17) is 0 Å². The molecule has 0 radical (unpaired) electrons. The van der Waals surface area contributed by atoms with Gasteiger partial charge in [-0.3, -0.25) is 0 Å². The summed E-state index contributed by atoms with van der Waals surface area (Å²) in [6.45, 7) is 3.72. The first kappa shape index (κ1) is 13.7. The Morgan fingerprint density at radius 1 is 1.10 bits per heavy atom. The van der Waals surface area contributed by atoms with Crippen molar-refractivity contribution in [3.05, 3.63) is 61.2 Å². The molecule has 0 bridgehead atoms. The number of pyridine rings is 1. The molecule has 0 amide bonds. The molecule has 0 aliphatic carbocycles. The van der Waals surface area contributed by atoms with Crippen molar-refractivity contribution in [1.29, 1.82) is 0 Å². The maximum Gasteiger partial charge on any atom is 0.241 e. The number of nitrogens with one attached hydrogen (secondary N) is 1. The number of benzene rings is 2. The predicted octanol–water partition coefficient (Wildman–Crippen LogP) is 2.85. The first-order valence-electron chi connectivity index (χ1n) is 6.51. The molecule has 4 nitrogen and oxygen atoms in total. The maximum absolute atomic E-state index is 12.4. The molecule has 0 spiro atoms. The lowest BCUT2D eigenvalue weighted by molar-refractivity contribution is 0.586. The van der Waals surface area contributed by atoms with Crippen LogP contribution in [-0.2, 0) is 10.0 Å². The van der Waals surface area contributed by atoms with E-state index < -0.39 is 10.0 Å². The van der Waals surface area contributed by atoms with Gasteiger partial charge in [-0.1, -0.05) is 30.3 Å². The Labute approximate surface area is 123 Å². The largest absolute Gasteiger partial charge is 0.248 e. The van der Waals surface area contributed by atoms with Crippen LogP contribution in [0.4, 0.5) is 0 Å². The van der Waals surface area contributed by atoms with Crippen LogP contribution in [0.2, 0.25) is 0 Å². The fourth-order valence-electron chi connectivity index (χ4n) is 2.25. The molecule has 0 fully saturated rings. The van der Waals surface area contributed by atoms with Gasteiger partial charge < -0.3 is 0 Å². The lowest BCUT2D eigenvalue weighted by Crippen LogP contribution is -2.23. The summed E-state index contributed by atoms with van der Waals surface area (Å²) < 4.78 is 27.2. The van der Waals surface area contributed by atoms with E-state index in [1.165, 1.54) is 6.08 Å². The smallest absolute Gasteiger partial charge is 0.241 e. The Hall–Kier alpha value is -2.24. The highest BCUT2D eigenvalue weighted by Gasteiger charge is 2.17. The number of hydrogen-bond donors (Lipinski definition) is 1. The number of rotatable bonds is 4. The summed E-state index contributed by atoms with van der Waals surface area (Å²) in [4.78, 5) is 4.76. The number of hydrogen-bond acceptors (Lipinski definition) is 3. The Balaban J connectivity index is 2.28. The summed E-state index contributed by atoms with van der Waals surface area (Å²) >= 11 is 0. The van der Waals surface area contributed by atoms with Crippen molar-refractivity contribution >= 4 is 31.8 Å². The normalized spacial score (nSPS) is 11.8. The molecule has 3 aromatic rings. The molecule has 0 aliphatic rings. The van der Waals surface area contributed by atoms with Crippen molar-refractivity contribution in [3.8, 4) is 0 Å². The van der Waals surface area contributed by atoms with Gasteiger partial charge in [-0.05, 0) is 24.3 Å². The second-order valence-corrected chi connectivity index (χ2v) is 6.38. The highest BCUT2D eigenvalue weighted by atomic mass is 32.2. The summed E-state index contributed by atoms with van der Waals surface area (Å²) in [5, 5.41) is 1.53. The highest BCUT2D eigenvalue weighted by Crippen LogP contribution is 2.25. The number of aromatic nitrogens is 1. The van der Waals surface area contributed by atoms with E-state index in [-0.39, 0.29) is 11.4 Å². The third-order valence-electron chi connectivity index (χ3n) is 3.23. The monoisotopic (exact) mass is 298 g/mol. The molecule has 2 aromatic carbocycles. The van der Waals surface area contributed by atoms with Gasteiger partial charge in [0, 0.05) is 17.3 Å². The van der Waals surface area contributed by atoms with Gasteiger partial charge in [0.2, 0.25) is 10.0 Å². The molecular weight excluding hydrogens is 284 g/mol. The van der Waals surface area contributed by atoms with Crippen LogP contribution in [-0.4, -0.2) is 19.9 Å². The number of sulfonamides is 1. The first-order chi connectivity index (χ1) is 10.1. The van der Waals surface area contributed by atoms with E-state index in [0.717, 1.165) is 10.9 Å². The average Bonchev–Trinajstić information content (AvgIpc) is 2.50. The van der Waals surface area contributed by atoms with Crippen LogP contribution < -0.4 is 4.72 Å². The first-order valence-corrected chi connectivity index (χ1v) is 7.99. The summed E-state index contributed by atoms with van der Waals surface area (Å²) in [6.07, 6.45) is 1.51. The number of nitrogens with zero attached hydrogens (tertiary/aromatic N) is 1. The fraction of sp³-hybridized carbons (Fsp3) is 0.0625. The van der Waals surface area contributed by atoms with Crippen molar-refractivity contribution in [2.24, 2.45) is 0 Å². The summed E-state index contributed by atoms with van der Waals surface area (Å²) in [6, 6.07) is 14.6. The SMILES string of the molecule is C=CCNS(=O)(=O)c1cccc2nc3ccccc3cc12. The van der Waals surface area contributed by atoms with Gasteiger partial charge >= 0.3 is 0 Å². The Kier molecular flexibility index (Phi) is 3.45. The van der Waals surface area contributed by atoms with E-state index >= 15 is 0 Å². The van der Waals surface area contributed by atoms with Crippen LogP contribution in [0.1, 0.15) is 0 Å². The summed E-state index contributed by atoms with van der Waals surface area (Å²) in [7, 11) is -3.58. The maximum atomic E-state index is 12.4. The molecule has 0 atom stereocenters. The van der Waals surface area contributed by atoms with Crippen molar-refractivity contribution in [3.63, 3.8) is 0 Å². The van der Waals surface area contributed by atoms with Gasteiger partial charge in [0.15, 0.2) is 0 Å². The van der Waals surface area contributed by atoms with E-state index in [2.05, 4.69) is 16.3 Å². The van der Waals surface area contributed by atoms with Crippen LogP contribution in [0.5, 0.6) is 0 Å². The minimum atomic E-state index is -3.58. The van der Waals surface area contributed by atoms with Crippen LogP contribution in [0.15, 0.2) is 66.1 Å². The molecule has 0 saturated heterocycles. The van der Waals surface area contributed by atoms with Crippen molar-refractivity contribution < 1.29 is 8.42 Å². The Bertz CT molecular complexity index is 933. The van der Waals surface area contributed by atoms with E-state index in [1.807, 2.05) is 36.4 Å². The molecule has 1 heterocycles. The van der Waals surface area contributed by atoms with Crippen molar-refractivity contribution in [1.82, 2.24) is 9.71 Å². The average molecular weight is 298 g/mol. The topological polar surface area (TPSA) is 59.1 Å². The highest BCUT2D eigenvalue weighted by molar-refractivity contribution is 7.89. The lowest BCUT2D eigenvalue weighted by atomic mass is 10.1. The molecule has 5 heteroatoms. The van der Waals surface area contributed by atoms with Gasteiger partial charge in [-0.2, -0.15) is 0 Å².